The molecule has 1 aliphatic heterocycles. The van der Waals surface area contributed by atoms with Gasteiger partial charge in [-0.3, -0.25) is 4.99 Å². The van der Waals surface area contributed by atoms with Gasteiger partial charge in [-0.15, -0.1) is 24.0 Å². The molecule has 1 unspecified atom stereocenters. The van der Waals surface area contributed by atoms with Crippen LogP contribution in [0.2, 0.25) is 0 Å². The minimum absolute atomic E-state index is 0. The minimum atomic E-state index is -0.248. The molecule has 9 heteroatoms. The van der Waals surface area contributed by atoms with E-state index in [1.54, 1.807) is 23.9 Å². The molecular weight excluding hydrogens is 512 g/mol. The molecule has 0 amide bonds. The van der Waals surface area contributed by atoms with Gasteiger partial charge in [0.15, 0.2) is 5.96 Å². The second kappa shape index (κ2) is 13.6. The number of benzene rings is 1. The van der Waals surface area contributed by atoms with Crippen LogP contribution < -0.4 is 5.32 Å². The van der Waals surface area contributed by atoms with Gasteiger partial charge in [-0.2, -0.15) is 5.10 Å². The SMILES string of the molecule is CCNC(=NCCc1ccn(-c2ccc(F)cc2)n1)N1CCC(COCCOC)C1.I. The molecule has 0 spiro atoms. The standard InChI is InChI=1S/C22H32FN5O2.HI/c1-3-24-22(27-12-9-18(16-27)17-30-15-14-29-2)25-11-8-20-10-13-28(26-20)21-6-4-19(23)5-7-21;/h4-7,10,13,18H,3,8-9,11-12,14-17H2,1-2H3,(H,24,25);1H. The quantitative estimate of drug-likeness (QED) is 0.215. The fourth-order valence-corrected chi connectivity index (χ4v) is 3.49. The molecule has 1 N–H and O–H groups in total. The molecule has 2 heterocycles. The zero-order valence-electron chi connectivity index (χ0n) is 18.3. The molecule has 1 atom stereocenters. The number of methoxy groups -OCH3 is 1. The number of nitrogens with one attached hydrogen (secondary N) is 1. The lowest BCUT2D eigenvalue weighted by atomic mass is 10.1. The number of ether oxygens (including phenoxy) is 2. The first-order chi connectivity index (χ1) is 14.7. The van der Waals surface area contributed by atoms with E-state index in [0.717, 1.165) is 56.4 Å². The van der Waals surface area contributed by atoms with Gasteiger partial charge in [-0.05, 0) is 43.7 Å². The second-order valence-electron chi connectivity index (χ2n) is 7.38. The molecule has 0 aliphatic carbocycles. The Balaban J connectivity index is 0.00000341. The molecule has 1 saturated heterocycles. The fourth-order valence-electron chi connectivity index (χ4n) is 3.49. The summed E-state index contributed by atoms with van der Waals surface area (Å²) in [5, 5.41) is 7.97. The predicted molar refractivity (Wildman–Crippen MR) is 131 cm³/mol. The Labute approximate surface area is 201 Å². The summed E-state index contributed by atoms with van der Waals surface area (Å²) in [6.45, 7) is 7.57. The van der Waals surface area contributed by atoms with Gasteiger partial charge in [0.05, 0.1) is 31.2 Å². The van der Waals surface area contributed by atoms with Crippen molar-refractivity contribution in [3.05, 3.63) is 48.0 Å². The summed E-state index contributed by atoms with van der Waals surface area (Å²) in [6.07, 6.45) is 3.76. The van der Waals surface area contributed by atoms with Crippen molar-refractivity contribution in [3.63, 3.8) is 0 Å². The van der Waals surface area contributed by atoms with Gasteiger partial charge in [0.25, 0.3) is 0 Å². The van der Waals surface area contributed by atoms with Crippen molar-refractivity contribution >= 4 is 29.9 Å². The normalized spacial score (nSPS) is 16.4. The van der Waals surface area contributed by atoms with Crippen molar-refractivity contribution < 1.29 is 13.9 Å². The number of hydrogen-bond acceptors (Lipinski definition) is 4. The number of halogens is 2. The predicted octanol–water partition coefficient (Wildman–Crippen LogP) is 3.12. The molecule has 2 aromatic rings. The molecule has 1 aromatic carbocycles. The molecule has 1 aromatic heterocycles. The van der Waals surface area contributed by atoms with Crippen LogP contribution in [0.1, 0.15) is 19.0 Å². The first-order valence-corrected chi connectivity index (χ1v) is 10.6. The van der Waals surface area contributed by atoms with Gasteiger partial charge in [-0.1, -0.05) is 0 Å². The second-order valence-corrected chi connectivity index (χ2v) is 7.38. The topological polar surface area (TPSA) is 63.9 Å². The minimum Gasteiger partial charge on any atom is -0.382 e. The fraction of sp³-hybridized carbons (Fsp3) is 0.545. The molecule has 0 saturated carbocycles. The van der Waals surface area contributed by atoms with Crippen LogP contribution in [0.3, 0.4) is 0 Å². The van der Waals surface area contributed by atoms with E-state index < -0.39 is 0 Å². The Hall–Kier alpha value is -1.72. The Kier molecular flexibility index (Phi) is 11.2. The van der Waals surface area contributed by atoms with Crippen LogP contribution in [0.15, 0.2) is 41.5 Å². The van der Waals surface area contributed by atoms with E-state index in [4.69, 9.17) is 14.5 Å². The van der Waals surface area contributed by atoms with Gasteiger partial charge in [0, 0.05) is 51.8 Å². The van der Waals surface area contributed by atoms with Gasteiger partial charge >= 0.3 is 0 Å². The lowest BCUT2D eigenvalue weighted by molar-refractivity contribution is 0.0536. The van der Waals surface area contributed by atoms with E-state index in [1.165, 1.54) is 12.1 Å². The van der Waals surface area contributed by atoms with Crippen LogP contribution in [0.5, 0.6) is 0 Å². The highest BCUT2D eigenvalue weighted by Gasteiger charge is 2.24. The van der Waals surface area contributed by atoms with Crippen LogP contribution in [-0.2, 0) is 15.9 Å². The molecule has 31 heavy (non-hydrogen) atoms. The van der Waals surface area contributed by atoms with Crippen molar-refractivity contribution in [2.24, 2.45) is 10.9 Å². The van der Waals surface area contributed by atoms with Crippen LogP contribution in [-0.4, -0.2) is 73.7 Å². The Morgan fingerprint density at radius 2 is 2.06 bits per heavy atom. The third kappa shape index (κ3) is 8.04. The smallest absolute Gasteiger partial charge is 0.193 e. The zero-order valence-corrected chi connectivity index (χ0v) is 20.6. The van der Waals surface area contributed by atoms with Crippen LogP contribution in [0, 0.1) is 11.7 Å². The third-order valence-corrected chi connectivity index (χ3v) is 5.07. The molecule has 0 bridgehead atoms. The Morgan fingerprint density at radius 1 is 1.26 bits per heavy atom. The maximum Gasteiger partial charge on any atom is 0.193 e. The highest BCUT2D eigenvalue weighted by atomic mass is 127. The van der Waals surface area contributed by atoms with Gasteiger partial charge in [-0.25, -0.2) is 9.07 Å². The molecule has 7 nitrogen and oxygen atoms in total. The van der Waals surface area contributed by atoms with Crippen molar-refractivity contribution in [3.8, 4) is 5.69 Å². The number of aromatic nitrogens is 2. The van der Waals surface area contributed by atoms with E-state index in [-0.39, 0.29) is 29.8 Å². The van der Waals surface area contributed by atoms with Crippen molar-refractivity contribution in [1.82, 2.24) is 20.0 Å². The third-order valence-electron chi connectivity index (χ3n) is 5.07. The highest BCUT2D eigenvalue weighted by molar-refractivity contribution is 14.0. The lowest BCUT2D eigenvalue weighted by Crippen LogP contribution is -2.40. The average molecular weight is 545 g/mol. The molecule has 1 aliphatic rings. The number of guanidine groups is 1. The number of aliphatic imine (C=N–C) groups is 1. The molecular formula is C22H33FIN5O2. The summed E-state index contributed by atoms with van der Waals surface area (Å²) in [7, 11) is 1.69. The lowest BCUT2D eigenvalue weighted by Gasteiger charge is -2.21. The zero-order chi connectivity index (χ0) is 21.2. The highest BCUT2D eigenvalue weighted by Crippen LogP contribution is 2.17. The Bertz CT molecular complexity index is 799. The number of nitrogens with zero attached hydrogens (tertiary/aromatic N) is 4. The molecule has 3 rings (SSSR count). The summed E-state index contributed by atoms with van der Waals surface area (Å²) in [5.74, 6) is 1.23. The van der Waals surface area contributed by atoms with Crippen molar-refractivity contribution in [2.75, 3.05) is 53.1 Å². The van der Waals surface area contributed by atoms with Crippen LogP contribution in [0.25, 0.3) is 5.69 Å². The number of rotatable bonds is 10. The molecule has 0 radical (unpaired) electrons. The summed E-state index contributed by atoms with van der Waals surface area (Å²) in [4.78, 5) is 7.11. The molecule has 1 fully saturated rings. The number of hydrogen-bond donors (Lipinski definition) is 1. The summed E-state index contributed by atoms with van der Waals surface area (Å²) in [5.41, 5.74) is 1.81. The first kappa shape index (κ1) is 25.5. The first-order valence-electron chi connectivity index (χ1n) is 10.6. The van der Waals surface area contributed by atoms with E-state index in [9.17, 15) is 4.39 Å². The van der Waals surface area contributed by atoms with Crippen molar-refractivity contribution in [2.45, 2.75) is 19.8 Å². The average Bonchev–Trinajstić information content (AvgIpc) is 3.41. The summed E-state index contributed by atoms with van der Waals surface area (Å²) < 4.78 is 25.6. The maximum absolute atomic E-state index is 13.1. The van der Waals surface area contributed by atoms with E-state index in [2.05, 4.69) is 22.2 Å². The Morgan fingerprint density at radius 3 is 2.81 bits per heavy atom. The van der Waals surface area contributed by atoms with Crippen molar-refractivity contribution in [1.29, 1.82) is 0 Å². The summed E-state index contributed by atoms with van der Waals surface area (Å²) >= 11 is 0. The van der Waals surface area contributed by atoms with Crippen LogP contribution >= 0.6 is 24.0 Å². The van der Waals surface area contributed by atoms with E-state index in [1.807, 2.05) is 12.3 Å². The van der Waals surface area contributed by atoms with Gasteiger partial charge in [0.1, 0.15) is 5.82 Å². The van der Waals surface area contributed by atoms with E-state index >= 15 is 0 Å². The molecule has 172 valence electrons. The monoisotopic (exact) mass is 545 g/mol. The van der Waals surface area contributed by atoms with Gasteiger partial charge in [0.2, 0.25) is 0 Å². The van der Waals surface area contributed by atoms with E-state index in [0.29, 0.717) is 25.7 Å². The van der Waals surface area contributed by atoms with Gasteiger partial charge < -0.3 is 19.7 Å². The maximum atomic E-state index is 13.1. The largest absolute Gasteiger partial charge is 0.382 e. The van der Waals surface area contributed by atoms with Crippen LogP contribution in [0.4, 0.5) is 4.39 Å². The number of likely N-dealkylation sites (tertiary alicyclic amines) is 1. The summed E-state index contributed by atoms with van der Waals surface area (Å²) in [6, 6.07) is 8.30.